The lowest BCUT2D eigenvalue weighted by molar-refractivity contribution is -0.152. The maximum Gasteiger partial charge on any atom is 0.200 e. The van der Waals surface area contributed by atoms with Gasteiger partial charge in [-0.3, -0.25) is 0 Å². The van der Waals surface area contributed by atoms with Crippen molar-refractivity contribution in [3.8, 4) is 5.75 Å². The highest BCUT2D eigenvalue weighted by Gasteiger charge is 2.14. The van der Waals surface area contributed by atoms with Crippen LogP contribution in [0.15, 0.2) is 16.6 Å². The maximum absolute atomic E-state index is 13.4. The van der Waals surface area contributed by atoms with Crippen LogP contribution in [0.25, 0.3) is 0 Å². The van der Waals surface area contributed by atoms with E-state index in [1.54, 1.807) is 0 Å². The van der Waals surface area contributed by atoms with Crippen molar-refractivity contribution in [3.63, 3.8) is 0 Å². The van der Waals surface area contributed by atoms with E-state index >= 15 is 0 Å². The van der Waals surface area contributed by atoms with Gasteiger partial charge in [0.15, 0.2) is 17.9 Å². The van der Waals surface area contributed by atoms with Gasteiger partial charge in [0.25, 0.3) is 0 Å². The zero-order valence-electron chi connectivity index (χ0n) is 10.2. The summed E-state index contributed by atoms with van der Waals surface area (Å²) in [7, 11) is 0. The monoisotopic (exact) mass is 324 g/mol. The molecular formula is C12H15BrF2O3. The Morgan fingerprint density at radius 1 is 1.17 bits per heavy atom. The van der Waals surface area contributed by atoms with Crippen molar-refractivity contribution in [1.29, 1.82) is 0 Å². The van der Waals surface area contributed by atoms with Crippen LogP contribution in [0, 0.1) is 11.6 Å². The second kappa shape index (κ2) is 7.66. The lowest BCUT2D eigenvalue weighted by atomic mass is 10.3. The van der Waals surface area contributed by atoms with Gasteiger partial charge in [0.2, 0.25) is 5.82 Å². The summed E-state index contributed by atoms with van der Waals surface area (Å²) in [6.45, 7) is 4.51. The third-order valence-corrected chi connectivity index (χ3v) is 2.50. The van der Waals surface area contributed by atoms with Gasteiger partial charge in [0.05, 0.1) is 0 Å². The van der Waals surface area contributed by atoms with Gasteiger partial charge in [-0.1, -0.05) is 15.9 Å². The Labute approximate surface area is 113 Å². The minimum Gasteiger partial charge on any atom is -0.485 e. The van der Waals surface area contributed by atoms with E-state index in [0.29, 0.717) is 17.7 Å². The number of benzene rings is 1. The van der Waals surface area contributed by atoms with Gasteiger partial charge in [0, 0.05) is 17.7 Å². The first kappa shape index (κ1) is 15.3. The molecule has 0 atom stereocenters. The van der Waals surface area contributed by atoms with Crippen LogP contribution in [-0.2, 0) is 9.47 Å². The van der Waals surface area contributed by atoms with Gasteiger partial charge < -0.3 is 14.2 Å². The zero-order chi connectivity index (χ0) is 13.5. The molecule has 0 unspecified atom stereocenters. The molecule has 0 radical (unpaired) electrons. The molecule has 0 saturated carbocycles. The second-order valence-corrected chi connectivity index (χ2v) is 4.27. The van der Waals surface area contributed by atoms with Crippen molar-refractivity contribution in [2.75, 3.05) is 19.8 Å². The molecule has 6 heteroatoms. The Balaban J connectivity index is 2.66. The summed E-state index contributed by atoms with van der Waals surface area (Å²) in [5, 5.41) is 0. The number of hydrogen-bond donors (Lipinski definition) is 0. The predicted octanol–water partition coefficient (Wildman–Crippen LogP) is 3.51. The maximum atomic E-state index is 13.4. The SMILES string of the molecule is CCOC(COc1cc(Br)cc(F)c1F)OCC. The van der Waals surface area contributed by atoms with Crippen molar-refractivity contribution < 1.29 is 23.0 Å². The van der Waals surface area contributed by atoms with E-state index in [1.165, 1.54) is 6.07 Å². The first-order valence-corrected chi connectivity index (χ1v) is 6.38. The highest BCUT2D eigenvalue weighted by Crippen LogP contribution is 2.25. The molecule has 3 nitrogen and oxygen atoms in total. The van der Waals surface area contributed by atoms with Gasteiger partial charge in [-0.2, -0.15) is 4.39 Å². The molecule has 18 heavy (non-hydrogen) atoms. The molecule has 0 aromatic heterocycles. The molecule has 0 spiro atoms. The van der Waals surface area contributed by atoms with Crippen LogP contribution in [0.5, 0.6) is 5.75 Å². The molecule has 0 aliphatic heterocycles. The summed E-state index contributed by atoms with van der Waals surface area (Å²) in [5.74, 6) is -2.17. The highest BCUT2D eigenvalue weighted by atomic mass is 79.9. The standard InChI is InChI=1S/C12H15BrF2O3/c1-3-16-11(17-4-2)7-18-10-6-8(13)5-9(14)12(10)15/h5-6,11H,3-4,7H2,1-2H3. The fraction of sp³-hybridized carbons (Fsp3) is 0.500. The number of halogens is 3. The molecule has 1 rings (SSSR count). The minimum absolute atomic E-state index is 0.00546. The molecule has 0 bridgehead atoms. The van der Waals surface area contributed by atoms with E-state index in [1.807, 2.05) is 13.8 Å². The largest absolute Gasteiger partial charge is 0.485 e. The third-order valence-electron chi connectivity index (χ3n) is 2.04. The fourth-order valence-corrected chi connectivity index (χ4v) is 1.72. The average molecular weight is 325 g/mol. The van der Waals surface area contributed by atoms with E-state index in [4.69, 9.17) is 14.2 Å². The van der Waals surface area contributed by atoms with E-state index in [2.05, 4.69) is 15.9 Å². The molecule has 0 fully saturated rings. The summed E-state index contributed by atoms with van der Waals surface area (Å²) >= 11 is 3.07. The lowest BCUT2D eigenvalue weighted by Gasteiger charge is -2.17. The summed E-state index contributed by atoms with van der Waals surface area (Å²) in [4.78, 5) is 0. The molecule has 0 saturated heterocycles. The van der Waals surface area contributed by atoms with Crippen LogP contribution in [0.1, 0.15) is 13.8 Å². The minimum atomic E-state index is -1.02. The average Bonchev–Trinajstić information content (AvgIpc) is 2.32. The van der Waals surface area contributed by atoms with Gasteiger partial charge in [0.1, 0.15) is 6.61 Å². The Hall–Kier alpha value is -0.720. The molecule has 102 valence electrons. The van der Waals surface area contributed by atoms with Crippen molar-refractivity contribution in [3.05, 3.63) is 28.2 Å². The molecule has 1 aromatic carbocycles. The van der Waals surface area contributed by atoms with Gasteiger partial charge in [-0.05, 0) is 26.0 Å². The first-order chi connectivity index (χ1) is 8.58. The summed E-state index contributed by atoms with van der Waals surface area (Å²) < 4.78 is 42.5. The van der Waals surface area contributed by atoms with Crippen molar-refractivity contribution >= 4 is 15.9 Å². The summed E-state index contributed by atoms with van der Waals surface area (Å²) in [5.41, 5.74) is 0. The number of hydrogen-bond acceptors (Lipinski definition) is 3. The lowest BCUT2D eigenvalue weighted by Crippen LogP contribution is -2.25. The van der Waals surface area contributed by atoms with E-state index in [-0.39, 0.29) is 12.4 Å². The van der Waals surface area contributed by atoms with E-state index in [9.17, 15) is 8.78 Å². The summed E-state index contributed by atoms with van der Waals surface area (Å²) in [6.07, 6.45) is -0.596. The van der Waals surface area contributed by atoms with Crippen LogP contribution in [0.3, 0.4) is 0 Å². The molecule has 0 amide bonds. The Morgan fingerprint density at radius 3 is 2.33 bits per heavy atom. The molecule has 0 N–H and O–H groups in total. The van der Waals surface area contributed by atoms with Gasteiger partial charge in [-0.15, -0.1) is 0 Å². The van der Waals surface area contributed by atoms with Crippen LogP contribution < -0.4 is 4.74 Å². The second-order valence-electron chi connectivity index (χ2n) is 3.35. The Bertz CT molecular complexity index is 382. The third kappa shape index (κ3) is 4.51. The van der Waals surface area contributed by atoms with Gasteiger partial charge in [-0.25, -0.2) is 4.39 Å². The fourth-order valence-electron chi connectivity index (χ4n) is 1.31. The number of ether oxygens (including phenoxy) is 3. The Morgan fingerprint density at radius 2 is 1.78 bits per heavy atom. The molecule has 0 aliphatic carbocycles. The molecule has 0 aliphatic rings. The smallest absolute Gasteiger partial charge is 0.200 e. The summed E-state index contributed by atoms with van der Waals surface area (Å²) in [6, 6.07) is 2.39. The van der Waals surface area contributed by atoms with Crippen molar-refractivity contribution in [2.45, 2.75) is 20.1 Å². The normalized spacial score (nSPS) is 11.0. The van der Waals surface area contributed by atoms with E-state index < -0.39 is 17.9 Å². The topological polar surface area (TPSA) is 27.7 Å². The van der Waals surface area contributed by atoms with Crippen LogP contribution in [-0.4, -0.2) is 26.1 Å². The highest BCUT2D eigenvalue weighted by molar-refractivity contribution is 9.10. The molecule has 0 heterocycles. The van der Waals surface area contributed by atoms with Crippen molar-refractivity contribution in [2.24, 2.45) is 0 Å². The van der Waals surface area contributed by atoms with E-state index in [0.717, 1.165) is 6.07 Å². The Kier molecular flexibility index (Phi) is 6.52. The zero-order valence-corrected chi connectivity index (χ0v) is 11.8. The quantitative estimate of drug-likeness (QED) is 0.567. The molecule has 1 aromatic rings. The number of rotatable bonds is 7. The van der Waals surface area contributed by atoms with Crippen LogP contribution >= 0.6 is 15.9 Å². The van der Waals surface area contributed by atoms with Crippen LogP contribution in [0.2, 0.25) is 0 Å². The predicted molar refractivity (Wildman–Crippen MR) is 66.6 cm³/mol. The molecular weight excluding hydrogens is 310 g/mol. The van der Waals surface area contributed by atoms with Crippen LogP contribution in [0.4, 0.5) is 8.78 Å². The van der Waals surface area contributed by atoms with Crippen molar-refractivity contribution in [1.82, 2.24) is 0 Å². The van der Waals surface area contributed by atoms with Gasteiger partial charge >= 0.3 is 0 Å². The first-order valence-electron chi connectivity index (χ1n) is 5.59.